The Balaban J connectivity index is 1.50. The lowest BCUT2D eigenvalue weighted by atomic mass is 9.89. The zero-order valence-corrected chi connectivity index (χ0v) is 14.7. The van der Waals surface area contributed by atoms with Crippen molar-refractivity contribution in [2.24, 2.45) is 5.92 Å². The highest BCUT2D eigenvalue weighted by Crippen LogP contribution is 2.26. The Morgan fingerprint density at radius 1 is 1.08 bits per heavy atom. The van der Waals surface area contributed by atoms with Crippen molar-refractivity contribution < 1.29 is 14.3 Å². The Hall–Kier alpha value is -2.36. The van der Waals surface area contributed by atoms with Crippen molar-refractivity contribution in [1.29, 1.82) is 0 Å². The van der Waals surface area contributed by atoms with Crippen LogP contribution in [0.3, 0.4) is 0 Å². The number of carbonyl (C=O) groups is 2. The molecule has 1 aliphatic carbocycles. The van der Waals surface area contributed by atoms with E-state index >= 15 is 0 Å². The van der Waals surface area contributed by atoms with E-state index in [-0.39, 0.29) is 30.8 Å². The summed E-state index contributed by atoms with van der Waals surface area (Å²) in [4.78, 5) is 24.2. The van der Waals surface area contributed by atoms with E-state index in [0.29, 0.717) is 5.92 Å². The first-order valence-corrected chi connectivity index (χ1v) is 9.09. The molecular formula is C21H25NO3. The molecule has 2 aromatic rings. The molecule has 2 aromatic carbocycles. The van der Waals surface area contributed by atoms with Gasteiger partial charge in [-0.1, -0.05) is 49.7 Å². The molecule has 1 amide bonds. The first-order valence-electron chi connectivity index (χ1n) is 9.09. The average Bonchev–Trinajstić information content (AvgIpc) is 2.60. The monoisotopic (exact) mass is 339 g/mol. The van der Waals surface area contributed by atoms with Gasteiger partial charge in [0, 0.05) is 17.5 Å². The van der Waals surface area contributed by atoms with E-state index in [0.717, 1.165) is 35.7 Å². The summed E-state index contributed by atoms with van der Waals surface area (Å²) in [5.74, 6) is 0.179. The molecule has 4 nitrogen and oxygen atoms in total. The fourth-order valence-corrected chi connectivity index (χ4v) is 3.49. The normalized spacial score (nSPS) is 20.2. The Morgan fingerprint density at radius 3 is 2.72 bits per heavy atom. The van der Waals surface area contributed by atoms with Gasteiger partial charge < -0.3 is 10.1 Å². The minimum Gasteiger partial charge on any atom is -0.462 e. The van der Waals surface area contributed by atoms with Gasteiger partial charge in [-0.3, -0.25) is 9.59 Å². The van der Waals surface area contributed by atoms with E-state index < -0.39 is 0 Å². The maximum Gasteiger partial charge on any atom is 0.306 e. The highest BCUT2D eigenvalue weighted by Gasteiger charge is 2.22. The van der Waals surface area contributed by atoms with Gasteiger partial charge in [-0.25, -0.2) is 0 Å². The van der Waals surface area contributed by atoms with Crippen LogP contribution in [-0.4, -0.2) is 18.0 Å². The summed E-state index contributed by atoms with van der Waals surface area (Å²) >= 11 is 0. The number of benzene rings is 2. The number of carbonyl (C=O) groups excluding carboxylic acids is 2. The van der Waals surface area contributed by atoms with Gasteiger partial charge in [0.1, 0.15) is 6.10 Å². The van der Waals surface area contributed by atoms with Crippen LogP contribution >= 0.6 is 0 Å². The Bertz CT molecular complexity index is 750. The molecule has 0 heterocycles. The lowest BCUT2D eigenvalue weighted by Gasteiger charge is -2.26. The summed E-state index contributed by atoms with van der Waals surface area (Å²) in [7, 11) is 0. The number of amides is 1. The van der Waals surface area contributed by atoms with Crippen molar-refractivity contribution >= 4 is 28.3 Å². The fourth-order valence-electron chi connectivity index (χ4n) is 3.49. The summed E-state index contributed by atoms with van der Waals surface area (Å²) in [5.41, 5.74) is 0.776. The molecule has 1 aliphatic rings. The highest BCUT2D eigenvalue weighted by atomic mass is 16.5. The van der Waals surface area contributed by atoms with E-state index in [1.807, 2.05) is 42.5 Å². The van der Waals surface area contributed by atoms with Crippen LogP contribution in [0.5, 0.6) is 0 Å². The summed E-state index contributed by atoms with van der Waals surface area (Å²) in [6.45, 7) is 2.19. The average molecular weight is 339 g/mol. The number of rotatable bonds is 5. The van der Waals surface area contributed by atoms with Crippen LogP contribution < -0.4 is 5.32 Å². The van der Waals surface area contributed by atoms with E-state index in [1.54, 1.807) is 0 Å². The number of ether oxygens (including phenoxy) is 1. The predicted molar refractivity (Wildman–Crippen MR) is 99.3 cm³/mol. The summed E-state index contributed by atoms with van der Waals surface area (Å²) in [5, 5.41) is 4.98. The first kappa shape index (κ1) is 17.5. The quantitative estimate of drug-likeness (QED) is 0.805. The fraction of sp³-hybridized carbons (Fsp3) is 0.429. The van der Waals surface area contributed by atoms with Crippen LogP contribution in [0.1, 0.15) is 45.4 Å². The molecule has 1 N–H and O–H groups in total. The third-order valence-electron chi connectivity index (χ3n) is 4.81. The molecule has 25 heavy (non-hydrogen) atoms. The smallest absolute Gasteiger partial charge is 0.306 e. The molecule has 0 aliphatic heterocycles. The standard InChI is InChI=1S/C21H25NO3/c1-15-6-4-9-17(14-15)25-21(24)13-12-20(23)22-19-11-5-8-16-7-2-3-10-18(16)19/h2-3,5,7-8,10-11,15,17H,4,6,9,12-14H2,1H3,(H,22,23). The van der Waals surface area contributed by atoms with Gasteiger partial charge in [0.05, 0.1) is 6.42 Å². The lowest BCUT2D eigenvalue weighted by molar-refractivity contribution is -0.152. The Kier molecular flexibility index (Phi) is 5.69. The molecule has 2 unspecified atom stereocenters. The largest absolute Gasteiger partial charge is 0.462 e. The number of fused-ring (bicyclic) bond motifs is 1. The van der Waals surface area contributed by atoms with Crippen molar-refractivity contribution in [3.63, 3.8) is 0 Å². The Morgan fingerprint density at radius 2 is 1.88 bits per heavy atom. The third kappa shape index (κ3) is 4.81. The molecule has 0 spiro atoms. The number of hydrogen-bond donors (Lipinski definition) is 1. The molecule has 0 bridgehead atoms. The van der Waals surface area contributed by atoms with Gasteiger partial charge in [-0.2, -0.15) is 0 Å². The summed E-state index contributed by atoms with van der Waals surface area (Å²) in [6, 6.07) is 13.7. The maximum atomic E-state index is 12.2. The SMILES string of the molecule is CC1CCCC(OC(=O)CCC(=O)Nc2cccc3ccccc23)C1. The van der Waals surface area contributed by atoms with Crippen LogP contribution in [0.4, 0.5) is 5.69 Å². The second-order valence-electron chi connectivity index (χ2n) is 6.96. The maximum absolute atomic E-state index is 12.2. The molecule has 132 valence electrons. The predicted octanol–water partition coefficient (Wildman–Crippen LogP) is 4.68. The number of anilines is 1. The first-order chi connectivity index (χ1) is 12.1. The van der Waals surface area contributed by atoms with Crippen molar-refractivity contribution in [1.82, 2.24) is 0 Å². The van der Waals surface area contributed by atoms with Crippen LogP contribution in [-0.2, 0) is 14.3 Å². The second-order valence-corrected chi connectivity index (χ2v) is 6.96. The zero-order valence-electron chi connectivity index (χ0n) is 14.7. The highest BCUT2D eigenvalue weighted by molar-refractivity contribution is 6.02. The van der Waals surface area contributed by atoms with Crippen LogP contribution in [0.15, 0.2) is 42.5 Å². The second kappa shape index (κ2) is 8.15. The number of esters is 1. The van der Waals surface area contributed by atoms with Crippen molar-refractivity contribution in [2.75, 3.05) is 5.32 Å². The minimum atomic E-state index is -0.271. The van der Waals surface area contributed by atoms with Gasteiger partial charge in [0.2, 0.25) is 5.91 Å². The molecule has 3 rings (SSSR count). The molecule has 1 saturated carbocycles. The molecule has 0 aromatic heterocycles. The van der Waals surface area contributed by atoms with Crippen molar-refractivity contribution in [3.05, 3.63) is 42.5 Å². The van der Waals surface area contributed by atoms with Gasteiger partial charge >= 0.3 is 5.97 Å². The van der Waals surface area contributed by atoms with E-state index in [1.165, 1.54) is 6.42 Å². The van der Waals surface area contributed by atoms with Crippen LogP contribution in [0.25, 0.3) is 10.8 Å². The van der Waals surface area contributed by atoms with Gasteiger partial charge in [-0.15, -0.1) is 0 Å². The van der Waals surface area contributed by atoms with E-state index in [2.05, 4.69) is 12.2 Å². The molecule has 4 heteroatoms. The topological polar surface area (TPSA) is 55.4 Å². The van der Waals surface area contributed by atoms with Crippen molar-refractivity contribution in [3.8, 4) is 0 Å². The van der Waals surface area contributed by atoms with E-state index in [4.69, 9.17) is 4.74 Å². The zero-order chi connectivity index (χ0) is 17.6. The summed E-state index contributed by atoms with van der Waals surface area (Å²) < 4.78 is 5.51. The van der Waals surface area contributed by atoms with Crippen LogP contribution in [0.2, 0.25) is 0 Å². The molecule has 0 saturated heterocycles. The lowest BCUT2D eigenvalue weighted by Crippen LogP contribution is -2.25. The Labute approximate surface area is 148 Å². The molecule has 0 radical (unpaired) electrons. The molecule has 1 fully saturated rings. The number of nitrogens with one attached hydrogen (secondary N) is 1. The minimum absolute atomic E-state index is 0.0254. The summed E-state index contributed by atoms with van der Waals surface area (Å²) in [6.07, 6.45) is 4.50. The third-order valence-corrected chi connectivity index (χ3v) is 4.81. The van der Waals surface area contributed by atoms with Gasteiger partial charge in [-0.05, 0) is 36.6 Å². The van der Waals surface area contributed by atoms with Crippen molar-refractivity contribution in [2.45, 2.75) is 51.6 Å². The number of hydrogen-bond acceptors (Lipinski definition) is 3. The molecular weight excluding hydrogens is 314 g/mol. The van der Waals surface area contributed by atoms with Gasteiger partial charge in [0.25, 0.3) is 0 Å². The van der Waals surface area contributed by atoms with Gasteiger partial charge in [0.15, 0.2) is 0 Å². The van der Waals surface area contributed by atoms with E-state index in [9.17, 15) is 9.59 Å². The molecule has 2 atom stereocenters. The van der Waals surface area contributed by atoms with Crippen LogP contribution in [0, 0.1) is 5.92 Å².